The number of aryl methyl sites for hydroxylation is 1. The zero-order chi connectivity index (χ0) is 10.7. The number of hydrogen-bond donors (Lipinski definition) is 3. The third-order valence-corrected chi connectivity index (χ3v) is 2.51. The number of nitrogens with one attached hydrogen (secondary N) is 3. The van der Waals surface area contributed by atoms with Crippen LogP contribution in [0.2, 0.25) is 0 Å². The molecule has 5 nitrogen and oxygen atoms in total. The van der Waals surface area contributed by atoms with Crippen LogP contribution in [-0.4, -0.2) is 36.1 Å². The molecule has 0 radical (unpaired) electrons. The van der Waals surface area contributed by atoms with Crippen LogP contribution in [0.25, 0.3) is 0 Å². The van der Waals surface area contributed by atoms with Crippen molar-refractivity contribution < 1.29 is 0 Å². The van der Waals surface area contributed by atoms with Gasteiger partial charge in [0.25, 0.3) is 0 Å². The molecular weight excluding hydrogens is 190 g/mol. The molecular formula is C10H17N5. The van der Waals surface area contributed by atoms with Gasteiger partial charge in [0.1, 0.15) is 17.5 Å². The molecule has 5 heteroatoms. The predicted octanol–water partition coefficient (Wildman–Crippen LogP) is 0.601. The zero-order valence-corrected chi connectivity index (χ0v) is 9.17. The van der Waals surface area contributed by atoms with Crippen LogP contribution in [0.15, 0.2) is 6.07 Å². The van der Waals surface area contributed by atoms with Gasteiger partial charge in [-0.2, -0.15) is 0 Å². The summed E-state index contributed by atoms with van der Waals surface area (Å²) in [5.41, 5.74) is 0. The summed E-state index contributed by atoms with van der Waals surface area (Å²) in [5, 5.41) is 9.74. The largest absolute Gasteiger partial charge is 0.373 e. The lowest BCUT2D eigenvalue weighted by atomic mass is 10.2. The summed E-state index contributed by atoms with van der Waals surface area (Å²) >= 11 is 0. The molecule has 0 amide bonds. The first-order valence-corrected chi connectivity index (χ1v) is 5.28. The fraction of sp³-hybridized carbons (Fsp3) is 0.600. The van der Waals surface area contributed by atoms with Gasteiger partial charge in [-0.1, -0.05) is 0 Å². The van der Waals surface area contributed by atoms with Crippen molar-refractivity contribution in [2.24, 2.45) is 0 Å². The van der Waals surface area contributed by atoms with Crippen LogP contribution in [-0.2, 0) is 0 Å². The first-order chi connectivity index (χ1) is 7.28. The van der Waals surface area contributed by atoms with Crippen molar-refractivity contribution in [1.29, 1.82) is 0 Å². The lowest BCUT2D eigenvalue weighted by Gasteiger charge is -2.13. The molecule has 15 heavy (non-hydrogen) atoms. The van der Waals surface area contributed by atoms with Crippen LogP contribution >= 0.6 is 0 Å². The van der Waals surface area contributed by atoms with Gasteiger partial charge in [-0.15, -0.1) is 0 Å². The number of hydrogen-bond acceptors (Lipinski definition) is 5. The summed E-state index contributed by atoms with van der Waals surface area (Å²) in [4.78, 5) is 8.60. The van der Waals surface area contributed by atoms with E-state index in [1.807, 2.05) is 20.0 Å². The molecule has 0 spiro atoms. The van der Waals surface area contributed by atoms with Crippen LogP contribution in [0.1, 0.15) is 12.2 Å². The Kier molecular flexibility index (Phi) is 3.01. The quantitative estimate of drug-likeness (QED) is 0.677. The molecule has 2 heterocycles. The molecule has 2 rings (SSSR count). The topological polar surface area (TPSA) is 61.9 Å². The zero-order valence-electron chi connectivity index (χ0n) is 9.17. The highest BCUT2D eigenvalue weighted by Crippen LogP contribution is 2.13. The third kappa shape index (κ3) is 2.56. The minimum Gasteiger partial charge on any atom is -0.373 e. The van der Waals surface area contributed by atoms with Crippen LogP contribution in [0.5, 0.6) is 0 Å². The summed E-state index contributed by atoms with van der Waals surface area (Å²) in [7, 11) is 1.86. The average Bonchev–Trinajstić information content (AvgIpc) is 2.69. The van der Waals surface area contributed by atoms with Crippen LogP contribution < -0.4 is 16.0 Å². The van der Waals surface area contributed by atoms with E-state index in [2.05, 4.69) is 25.9 Å². The van der Waals surface area contributed by atoms with Gasteiger partial charge in [-0.25, -0.2) is 9.97 Å². The molecule has 0 saturated carbocycles. The maximum absolute atomic E-state index is 4.36. The van der Waals surface area contributed by atoms with Crippen molar-refractivity contribution in [1.82, 2.24) is 15.3 Å². The van der Waals surface area contributed by atoms with Gasteiger partial charge in [-0.05, 0) is 19.9 Å². The molecule has 1 atom stereocenters. The Morgan fingerprint density at radius 2 is 2.20 bits per heavy atom. The molecule has 1 saturated heterocycles. The second-order valence-corrected chi connectivity index (χ2v) is 3.77. The van der Waals surface area contributed by atoms with E-state index in [-0.39, 0.29) is 0 Å². The second-order valence-electron chi connectivity index (χ2n) is 3.77. The lowest BCUT2D eigenvalue weighted by Crippen LogP contribution is -2.23. The Labute approximate surface area is 89.7 Å². The minimum atomic E-state index is 0.490. The Balaban J connectivity index is 2.09. The summed E-state index contributed by atoms with van der Waals surface area (Å²) in [6.45, 7) is 4.00. The van der Waals surface area contributed by atoms with Crippen molar-refractivity contribution in [3.8, 4) is 0 Å². The molecule has 1 aliphatic rings. The first-order valence-electron chi connectivity index (χ1n) is 5.28. The second kappa shape index (κ2) is 4.44. The molecule has 1 fully saturated rings. The number of nitrogens with zero attached hydrogens (tertiary/aromatic N) is 2. The minimum absolute atomic E-state index is 0.490. The Bertz CT molecular complexity index is 333. The van der Waals surface area contributed by atoms with E-state index in [9.17, 15) is 0 Å². The number of aromatic nitrogens is 2. The van der Waals surface area contributed by atoms with Gasteiger partial charge in [0.2, 0.25) is 0 Å². The van der Waals surface area contributed by atoms with Gasteiger partial charge in [-0.3, -0.25) is 0 Å². The molecule has 1 aromatic heterocycles. The first kappa shape index (κ1) is 10.2. The number of rotatable bonds is 3. The van der Waals surface area contributed by atoms with Crippen molar-refractivity contribution in [3.05, 3.63) is 11.9 Å². The summed E-state index contributed by atoms with van der Waals surface area (Å²) in [6, 6.07) is 2.43. The van der Waals surface area contributed by atoms with Gasteiger partial charge < -0.3 is 16.0 Å². The van der Waals surface area contributed by atoms with E-state index in [4.69, 9.17) is 0 Å². The maximum Gasteiger partial charge on any atom is 0.132 e. The lowest BCUT2D eigenvalue weighted by molar-refractivity contribution is 0.785. The van der Waals surface area contributed by atoms with E-state index in [1.165, 1.54) is 0 Å². The van der Waals surface area contributed by atoms with Gasteiger partial charge in [0.15, 0.2) is 0 Å². The van der Waals surface area contributed by atoms with E-state index in [1.54, 1.807) is 0 Å². The Hall–Kier alpha value is -1.36. The smallest absolute Gasteiger partial charge is 0.132 e. The van der Waals surface area contributed by atoms with Crippen molar-refractivity contribution in [3.63, 3.8) is 0 Å². The molecule has 0 bridgehead atoms. The molecule has 0 aromatic carbocycles. The molecule has 1 aliphatic heterocycles. The van der Waals surface area contributed by atoms with Crippen LogP contribution in [0.3, 0.4) is 0 Å². The SMILES string of the molecule is CNc1cc(NC2CCNC2)nc(C)n1. The molecule has 1 aromatic rings. The normalized spacial score (nSPS) is 20.3. The van der Waals surface area contributed by atoms with E-state index >= 15 is 0 Å². The van der Waals surface area contributed by atoms with E-state index in [0.717, 1.165) is 37.0 Å². The number of anilines is 2. The molecule has 82 valence electrons. The fourth-order valence-electron chi connectivity index (χ4n) is 1.76. The standard InChI is InChI=1S/C10H17N5/c1-7-13-9(11-2)5-10(14-7)15-8-3-4-12-6-8/h5,8,12H,3-4,6H2,1-2H3,(H2,11,13,14,15). The van der Waals surface area contributed by atoms with Crippen LogP contribution in [0.4, 0.5) is 11.6 Å². The van der Waals surface area contributed by atoms with E-state index < -0.39 is 0 Å². The molecule has 1 unspecified atom stereocenters. The average molecular weight is 207 g/mol. The highest BCUT2D eigenvalue weighted by molar-refractivity contribution is 5.47. The van der Waals surface area contributed by atoms with Crippen molar-refractivity contribution in [2.45, 2.75) is 19.4 Å². The summed E-state index contributed by atoms with van der Waals surface area (Å²) in [5.74, 6) is 2.55. The monoisotopic (exact) mass is 207 g/mol. The summed E-state index contributed by atoms with van der Waals surface area (Å²) < 4.78 is 0. The molecule has 3 N–H and O–H groups in total. The third-order valence-electron chi connectivity index (χ3n) is 2.51. The van der Waals surface area contributed by atoms with Gasteiger partial charge in [0, 0.05) is 25.7 Å². The summed E-state index contributed by atoms with van der Waals surface area (Å²) in [6.07, 6.45) is 1.15. The van der Waals surface area contributed by atoms with Crippen LogP contribution in [0, 0.1) is 6.92 Å². The fourth-order valence-corrected chi connectivity index (χ4v) is 1.76. The Morgan fingerprint density at radius 1 is 1.40 bits per heavy atom. The van der Waals surface area contributed by atoms with Gasteiger partial charge in [0.05, 0.1) is 0 Å². The highest BCUT2D eigenvalue weighted by Gasteiger charge is 2.14. The predicted molar refractivity (Wildman–Crippen MR) is 61.2 cm³/mol. The maximum atomic E-state index is 4.36. The highest BCUT2D eigenvalue weighted by atomic mass is 15.1. The van der Waals surface area contributed by atoms with Crippen molar-refractivity contribution in [2.75, 3.05) is 30.8 Å². The van der Waals surface area contributed by atoms with E-state index in [0.29, 0.717) is 6.04 Å². The van der Waals surface area contributed by atoms with Gasteiger partial charge >= 0.3 is 0 Å². The van der Waals surface area contributed by atoms with Crippen molar-refractivity contribution >= 4 is 11.6 Å². The molecule has 0 aliphatic carbocycles. The Morgan fingerprint density at radius 3 is 2.87 bits per heavy atom.